The molecule has 0 saturated heterocycles. The van der Waals surface area contributed by atoms with Crippen molar-refractivity contribution < 1.29 is 19.1 Å². The lowest BCUT2D eigenvalue weighted by Crippen LogP contribution is -2.38. The van der Waals surface area contributed by atoms with Gasteiger partial charge >= 0.3 is 12.2 Å². The highest BCUT2D eigenvalue weighted by atomic mass is 79.9. The minimum Gasteiger partial charge on any atom is -0.450 e. The summed E-state index contributed by atoms with van der Waals surface area (Å²) in [4.78, 5) is 22.3. The Balaban J connectivity index is 3.50. The Morgan fingerprint density at radius 1 is 1.11 bits per heavy atom. The van der Waals surface area contributed by atoms with Crippen LogP contribution in [0.2, 0.25) is 0 Å². The van der Waals surface area contributed by atoms with Crippen molar-refractivity contribution in [1.29, 1.82) is 0 Å². The van der Waals surface area contributed by atoms with E-state index < -0.39 is 17.8 Å². The number of ether oxygens (including phenoxy) is 2. The first-order valence-corrected chi connectivity index (χ1v) is 6.91. The average molecular weight is 325 g/mol. The number of alkyl carbamates (subject to hydrolysis) is 2. The van der Waals surface area contributed by atoms with Crippen molar-refractivity contribution in [2.45, 2.75) is 32.8 Å². The number of carbonyl (C=O) groups excluding carboxylic acids is 2. The number of alkyl halides is 1. The van der Waals surface area contributed by atoms with Gasteiger partial charge in [-0.05, 0) is 27.2 Å². The van der Waals surface area contributed by atoms with Gasteiger partial charge in [0.15, 0.2) is 0 Å². The molecular weight excluding hydrogens is 304 g/mol. The van der Waals surface area contributed by atoms with E-state index in [1.165, 1.54) is 0 Å². The lowest BCUT2D eigenvalue weighted by Gasteiger charge is -2.19. The van der Waals surface area contributed by atoms with Gasteiger partial charge in [-0.1, -0.05) is 15.9 Å². The molecule has 0 atom stereocenters. The minimum atomic E-state index is -0.522. The number of amides is 2. The minimum absolute atomic E-state index is 0.294. The van der Waals surface area contributed by atoms with Gasteiger partial charge in [0.2, 0.25) is 0 Å². The van der Waals surface area contributed by atoms with Crippen molar-refractivity contribution in [3.63, 3.8) is 0 Å². The van der Waals surface area contributed by atoms with Gasteiger partial charge in [0, 0.05) is 18.4 Å². The second kappa shape index (κ2) is 9.02. The largest absolute Gasteiger partial charge is 0.450 e. The maximum Gasteiger partial charge on any atom is 0.407 e. The first-order chi connectivity index (χ1) is 8.35. The molecule has 0 heterocycles. The second-order valence-corrected chi connectivity index (χ2v) is 5.33. The van der Waals surface area contributed by atoms with Crippen LogP contribution in [-0.4, -0.2) is 42.8 Å². The molecular formula is C11H21BrN2O4. The van der Waals surface area contributed by atoms with Gasteiger partial charge in [-0.3, -0.25) is 0 Å². The Labute approximate surface area is 116 Å². The van der Waals surface area contributed by atoms with Crippen LogP contribution >= 0.6 is 15.9 Å². The fraction of sp³-hybridized carbons (Fsp3) is 0.818. The molecule has 6 nitrogen and oxygen atoms in total. The van der Waals surface area contributed by atoms with Gasteiger partial charge in [0.1, 0.15) is 5.60 Å². The second-order valence-electron chi connectivity index (χ2n) is 4.53. The molecule has 0 aliphatic heterocycles. The standard InChI is InChI=1S/C11H21BrN2O4/c1-11(2,3)18-10(16)14-7-6-13-9(15)17-8-4-5-12/h4-8H2,1-3H3,(H,13,15)(H,14,16). The fourth-order valence-electron chi connectivity index (χ4n) is 0.914. The summed E-state index contributed by atoms with van der Waals surface area (Å²) in [7, 11) is 0. The molecule has 0 aliphatic carbocycles. The van der Waals surface area contributed by atoms with Crippen LogP contribution in [0, 0.1) is 0 Å². The maximum absolute atomic E-state index is 11.2. The molecule has 0 aromatic rings. The summed E-state index contributed by atoms with van der Waals surface area (Å²) in [5.41, 5.74) is -0.522. The molecule has 0 saturated carbocycles. The highest BCUT2D eigenvalue weighted by molar-refractivity contribution is 9.09. The van der Waals surface area contributed by atoms with Crippen molar-refractivity contribution in [3.05, 3.63) is 0 Å². The molecule has 106 valence electrons. The highest BCUT2D eigenvalue weighted by Crippen LogP contribution is 2.05. The quantitative estimate of drug-likeness (QED) is 0.579. The number of rotatable bonds is 6. The smallest absolute Gasteiger partial charge is 0.407 e. The van der Waals surface area contributed by atoms with E-state index in [0.717, 1.165) is 11.8 Å². The average Bonchev–Trinajstić information content (AvgIpc) is 2.22. The van der Waals surface area contributed by atoms with E-state index in [0.29, 0.717) is 19.7 Å². The summed E-state index contributed by atoms with van der Waals surface area (Å²) in [5.74, 6) is 0. The van der Waals surface area contributed by atoms with Gasteiger partial charge in [0.25, 0.3) is 0 Å². The van der Waals surface area contributed by atoms with E-state index in [2.05, 4.69) is 26.6 Å². The van der Waals surface area contributed by atoms with Crippen LogP contribution in [0.25, 0.3) is 0 Å². The van der Waals surface area contributed by atoms with E-state index >= 15 is 0 Å². The number of nitrogens with one attached hydrogen (secondary N) is 2. The summed E-state index contributed by atoms with van der Waals surface area (Å²) in [6, 6.07) is 0. The number of carbonyl (C=O) groups is 2. The van der Waals surface area contributed by atoms with Crippen LogP contribution < -0.4 is 10.6 Å². The van der Waals surface area contributed by atoms with Crippen molar-refractivity contribution in [2.24, 2.45) is 0 Å². The topological polar surface area (TPSA) is 76.7 Å². The molecule has 0 unspecified atom stereocenters. The lowest BCUT2D eigenvalue weighted by molar-refractivity contribution is 0.0527. The summed E-state index contributed by atoms with van der Waals surface area (Å²) in [6.07, 6.45) is -0.220. The van der Waals surface area contributed by atoms with E-state index in [1.54, 1.807) is 20.8 Å². The van der Waals surface area contributed by atoms with E-state index in [-0.39, 0.29) is 0 Å². The number of halogens is 1. The number of hydrogen-bond donors (Lipinski definition) is 2. The zero-order valence-electron chi connectivity index (χ0n) is 11.0. The first-order valence-electron chi connectivity index (χ1n) is 5.78. The third-order valence-corrected chi connectivity index (χ3v) is 2.13. The first kappa shape index (κ1) is 17.0. The molecule has 18 heavy (non-hydrogen) atoms. The fourth-order valence-corrected chi connectivity index (χ4v) is 1.14. The summed E-state index contributed by atoms with van der Waals surface area (Å²) < 4.78 is 9.87. The van der Waals surface area contributed by atoms with Gasteiger partial charge in [0.05, 0.1) is 6.61 Å². The van der Waals surface area contributed by atoms with Crippen LogP contribution in [0.15, 0.2) is 0 Å². The third-order valence-electron chi connectivity index (χ3n) is 1.57. The predicted octanol–water partition coefficient (Wildman–Crippen LogP) is 2.02. The van der Waals surface area contributed by atoms with Gasteiger partial charge < -0.3 is 20.1 Å². The molecule has 0 radical (unpaired) electrons. The Morgan fingerprint density at radius 3 is 2.17 bits per heavy atom. The molecule has 0 rings (SSSR count). The monoisotopic (exact) mass is 324 g/mol. The molecule has 2 N–H and O–H groups in total. The molecule has 0 fully saturated rings. The Kier molecular flexibility index (Phi) is 8.53. The molecule has 0 spiro atoms. The van der Waals surface area contributed by atoms with Crippen LogP contribution in [0.3, 0.4) is 0 Å². The Bertz CT molecular complexity index is 266. The molecule has 0 bridgehead atoms. The lowest BCUT2D eigenvalue weighted by atomic mass is 10.2. The Hall–Kier alpha value is -0.980. The van der Waals surface area contributed by atoms with Crippen LogP contribution in [-0.2, 0) is 9.47 Å². The van der Waals surface area contributed by atoms with Crippen LogP contribution in [0.4, 0.5) is 9.59 Å². The molecule has 7 heteroatoms. The molecule has 0 aromatic carbocycles. The Morgan fingerprint density at radius 2 is 1.67 bits per heavy atom. The van der Waals surface area contributed by atoms with Crippen molar-refractivity contribution in [2.75, 3.05) is 25.0 Å². The van der Waals surface area contributed by atoms with Crippen LogP contribution in [0.1, 0.15) is 27.2 Å². The maximum atomic E-state index is 11.2. The van der Waals surface area contributed by atoms with Gasteiger partial charge in [-0.2, -0.15) is 0 Å². The normalized spacial score (nSPS) is 10.7. The number of hydrogen-bond acceptors (Lipinski definition) is 4. The van der Waals surface area contributed by atoms with Gasteiger partial charge in [-0.25, -0.2) is 9.59 Å². The van der Waals surface area contributed by atoms with Crippen LogP contribution in [0.5, 0.6) is 0 Å². The molecule has 0 aliphatic rings. The highest BCUT2D eigenvalue weighted by Gasteiger charge is 2.15. The third kappa shape index (κ3) is 11.5. The summed E-state index contributed by atoms with van der Waals surface area (Å²) >= 11 is 3.23. The van der Waals surface area contributed by atoms with E-state index in [4.69, 9.17) is 9.47 Å². The summed E-state index contributed by atoms with van der Waals surface area (Å²) in [6.45, 7) is 6.32. The zero-order chi connectivity index (χ0) is 14.0. The zero-order valence-corrected chi connectivity index (χ0v) is 12.6. The SMILES string of the molecule is CC(C)(C)OC(=O)NCCNC(=O)OCCCBr. The van der Waals surface area contributed by atoms with E-state index in [9.17, 15) is 9.59 Å². The van der Waals surface area contributed by atoms with Crippen molar-refractivity contribution in [3.8, 4) is 0 Å². The van der Waals surface area contributed by atoms with Gasteiger partial charge in [-0.15, -0.1) is 0 Å². The predicted molar refractivity (Wildman–Crippen MR) is 72.0 cm³/mol. The van der Waals surface area contributed by atoms with Crippen molar-refractivity contribution in [1.82, 2.24) is 10.6 Å². The summed E-state index contributed by atoms with van der Waals surface area (Å²) in [5, 5.41) is 5.83. The molecule has 0 aromatic heterocycles. The van der Waals surface area contributed by atoms with Crippen molar-refractivity contribution >= 4 is 28.1 Å². The molecule has 2 amide bonds. The van der Waals surface area contributed by atoms with E-state index in [1.807, 2.05) is 0 Å².